The number of anilines is 2. The third-order valence-electron chi connectivity index (χ3n) is 4.21. The Morgan fingerprint density at radius 1 is 1.04 bits per heavy atom. The van der Waals surface area contributed by atoms with Crippen LogP contribution < -0.4 is 10.6 Å². The van der Waals surface area contributed by atoms with Gasteiger partial charge >= 0.3 is 12.1 Å². The second-order valence-corrected chi connectivity index (χ2v) is 7.72. The van der Waals surface area contributed by atoms with Crippen LogP contribution in [0.25, 0.3) is 0 Å². The van der Waals surface area contributed by atoms with Crippen molar-refractivity contribution in [3.05, 3.63) is 59.4 Å². The molecule has 148 valence electrons. The highest BCUT2D eigenvalue weighted by Crippen LogP contribution is 2.24. The first-order valence-corrected chi connectivity index (χ1v) is 9.13. The first kappa shape index (κ1) is 19.7. The van der Waals surface area contributed by atoms with Crippen molar-refractivity contribution in [3.8, 4) is 0 Å². The number of hydrogen-bond acceptors (Lipinski definition) is 3. The van der Waals surface area contributed by atoms with Crippen molar-refractivity contribution in [2.45, 2.75) is 39.3 Å². The summed E-state index contributed by atoms with van der Waals surface area (Å²) in [5, 5.41) is 5.34. The quantitative estimate of drug-likeness (QED) is 0.783. The van der Waals surface area contributed by atoms with Gasteiger partial charge in [-0.15, -0.1) is 0 Å². The van der Waals surface area contributed by atoms with E-state index in [-0.39, 0.29) is 6.09 Å². The summed E-state index contributed by atoms with van der Waals surface area (Å²) in [5.74, 6) is -0.416. The number of amides is 3. The Kier molecular flexibility index (Phi) is 5.53. The van der Waals surface area contributed by atoms with Crippen molar-refractivity contribution in [1.82, 2.24) is 4.90 Å². The number of urea groups is 1. The number of carbonyl (C=O) groups excluding carboxylic acids is 2. The summed E-state index contributed by atoms with van der Waals surface area (Å²) in [7, 11) is 0. The molecule has 7 heteroatoms. The molecule has 1 aliphatic heterocycles. The van der Waals surface area contributed by atoms with Gasteiger partial charge in [-0.3, -0.25) is 0 Å². The highest BCUT2D eigenvalue weighted by molar-refractivity contribution is 5.99. The summed E-state index contributed by atoms with van der Waals surface area (Å²) in [6, 6.07) is 10.8. The molecule has 3 rings (SSSR count). The van der Waals surface area contributed by atoms with Crippen LogP contribution in [0.15, 0.2) is 42.5 Å². The number of halogens is 1. The second-order valence-electron chi connectivity index (χ2n) is 7.72. The van der Waals surface area contributed by atoms with Gasteiger partial charge in [-0.05, 0) is 68.7 Å². The maximum absolute atomic E-state index is 13.2. The molecule has 2 aromatic rings. The highest BCUT2D eigenvalue weighted by atomic mass is 19.1. The highest BCUT2D eigenvalue weighted by Gasteiger charge is 2.25. The molecule has 28 heavy (non-hydrogen) atoms. The molecule has 1 heterocycles. The van der Waals surface area contributed by atoms with E-state index >= 15 is 0 Å². The molecule has 0 saturated carbocycles. The Hall–Kier alpha value is -3.09. The summed E-state index contributed by atoms with van der Waals surface area (Å²) in [5.41, 5.74) is 2.58. The predicted octanol–water partition coefficient (Wildman–Crippen LogP) is 4.76. The smallest absolute Gasteiger partial charge is 0.410 e. The maximum Gasteiger partial charge on any atom is 0.410 e. The van der Waals surface area contributed by atoms with E-state index in [4.69, 9.17) is 4.74 Å². The summed E-state index contributed by atoms with van der Waals surface area (Å²) in [4.78, 5) is 26.0. The van der Waals surface area contributed by atoms with Gasteiger partial charge in [-0.2, -0.15) is 0 Å². The van der Waals surface area contributed by atoms with E-state index in [9.17, 15) is 14.0 Å². The van der Waals surface area contributed by atoms with E-state index in [1.165, 1.54) is 18.2 Å². The number of fused-ring (bicyclic) bond motifs is 1. The number of nitrogens with zero attached hydrogens (tertiary/aromatic N) is 1. The van der Waals surface area contributed by atoms with E-state index in [0.29, 0.717) is 30.9 Å². The molecule has 0 saturated heterocycles. The molecule has 1 aliphatic rings. The monoisotopic (exact) mass is 385 g/mol. The Morgan fingerprint density at radius 2 is 1.75 bits per heavy atom. The molecule has 0 aliphatic carbocycles. The van der Waals surface area contributed by atoms with Crippen molar-refractivity contribution in [1.29, 1.82) is 0 Å². The fourth-order valence-electron chi connectivity index (χ4n) is 2.97. The normalized spacial score (nSPS) is 13.5. The van der Waals surface area contributed by atoms with Crippen molar-refractivity contribution < 1.29 is 18.7 Å². The SMILES string of the molecule is CC(C)(C)OC(=O)N1CCc2cc(NC(=O)Nc3cccc(F)c3)ccc2C1. The summed E-state index contributed by atoms with van der Waals surface area (Å²) < 4.78 is 18.6. The van der Waals surface area contributed by atoms with Gasteiger partial charge in [-0.1, -0.05) is 12.1 Å². The molecule has 0 radical (unpaired) electrons. The Bertz CT molecular complexity index is 893. The number of hydrogen-bond donors (Lipinski definition) is 2. The number of carbonyl (C=O) groups is 2. The van der Waals surface area contributed by atoms with Crippen LogP contribution in [0.2, 0.25) is 0 Å². The second kappa shape index (κ2) is 7.88. The van der Waals surface area contributed by atoms with E-state index < -0.39 is 17.4 Å². The fraction of sp³-hybridized carbons (Fsp3) is 0.333. The van der Waals surface area contributed by atoms with Crippen LogP contribution >= 0.6 is 0 Å². The van der Waals surface area contributed by atoms with E-state index in [0.717, 1.165) is 11.1 Å². The van der Waals surface area contributed by atoms with Crippen LogP contribution in [-0.4, -0.2) is 29.2 Å². The van der Waals surface area contributed by atoms with Crippen LogP contribution in [0.1, 0.15) is 31.9 Å². The predicted molar refractivity (Wildman–Crippen MR) is 106 cm³/mol. The van der Waals surface area contributed by atoms with Gasteiger partial charge < -0.3 is 20.3 Å². The fourth-order valence-corrected chi connectivity index (χ4v) is 2.97. The van der Waals surface area contributed by atoms with Crippen LogP contribution in [-0.2, 0) is 17.7 Å². The van der Waals surface area contributed by atoms with Crippen molar-refractivity contribution >= 4 is 23.5 Å². The topological polar surface area (TPSA) is 70.7 Å². The van der Waals surface area contributed by atoms with Crippen molar-refractivity contribution in [2.75, 3.05) is 17.2 Å². The first-order valence-electron chi connectivity index (χ1n) is 9.13. The molecule has 2 N–H and O–H groups in total. The molecule has 3 amide bonds. The zero-order valence-corrected chi connectivity index (χ0v) is 16.2. The molecule has 0 bridgehead atoms. The Labute approximate surface area is 163 Å². The lowest BCUT2D eigenvalue weighted by molar-refractivity contribution is 0.0224. The van der Waals surface area contributed by atoms with Crippen LogP contribution in [0.5, 0.6) is 0 Å². The van der Waals surface area contributed by atoms with E-state index in [2.05, 4.69) is 10.6 Å². The molecular formula is C21H24FN3O3. The number of benzene rings is 2. The maximum atomic E-state index is 13.2. The average Bonchev–Trinajstić information content (AvgIpc) is 2.59. The summed E-state index contributed by atoms with van der Waals surface area (Å²) >= 11 is 0. The Morgan fingerprint density at radius 3 is 2.43 bits per heavy atom. The third kappa shape index (κ3) is 5.22. The van der Waals surface area contributed by atoms with Gasteiger partial charge in [0.1, 0.15) is 11.4 Å². The zero-order valence-electron chi connectivity index (χ0n) is 16.2. The van der Waals surface area contributed by atoms with Gasteiger partial charge in [0, 0.05) is 24.5 Å². The van der Waals surface area contributed by atoms with Gasteiger partial charge in [0.15, 0.2) is 0 Å². The number of nitrogens with one attached hydrogen (secondary N) is 2. The van der Waals surface area contributed by atoms with E-state index in [1.807, 2.05) is 32.9 Å². The van der Waals surface area contributed by atoms with E-state index in [1.54, 1.807) is 17.0 Å². The molecule has 0 unspecified atom stereocenters. The number of rotatable bonds is 2. The molecule has 0 atom stereocenters. The minimum atomic E-state index is -0.528. The molecule has 0 aromatic heterocycles. The molecule has 0 spiro atoms. The van der Waals surface area contributed by atoms with Crippen molar-refractivity contribution in [3.63, 3.8) is 0 Å². The standard InChI is InChI=1S/C21H24FN3O3/c1-21(2,3)28-20(27)25-10-9-14-11-18(8-7-15(14)13-25)24-19(26)23-17-6-4-5-16(22)12-17/h4-8,11-12H,9-10,13H2,1-3H3,(H2,23,24,26). The lowest BCUT2D eigenvalue weighted by Crippen LogP contribution is -2.39. The molecular weight excluding hydrogens is 361 g/mol. The molecule has 2 aromatic carbocycles. The van der Waals surface area contributed by atoms with Gasteiger partial charge in [0.2, 0.25) is 0 Å². The molecule has 0 fully saturated rings. The average molecular weight is 385 g/mol. The summed E-state index contributed by atoms with van der Waals surface area (Å²) in [6.45, 7) is 6.56. The summed E-state index contributed by atoms with van der Waals surface area (Å²) in [6.07, 6.45) is 0.352. The van der Waals surface area contributed by atoms with Gasteiger partial charge in [0.05, 0.1) is 0 Å². The first-order chi connectivity index (χ1) is 13.2. The lowest BCUT2D eigenvalue weighted by atomic mass is 9.99. The van der Waals surface area contributed by atoms with Crippen LogP contribution in [0.4, 0.5) is 25.4 Å². The van der Waals surface area contributed by atoms with Crippen molar-refractivity contribution in [2.24, 2.45) is 0 Å². The van der Waals surface area contributed by atoms with Gasteiger partial charge in [0.25, 0.3) is 0 Å². The van der Waals surface area contributed by atoms with Crippen LogP contribution in [0.3, 0.4) is 0 Å². The minimum Gasteiger partial charge on any atom is -0.444 e. The number of ether oxygens (including phenoxy) is 1. The Balaban J connectivity index is 1.62. The largest absolute Gasteiger partial charge is 0.444 e. The molecule has 6 nitrogen and oxygen atoms in total. The zero-order chi connectivity index (χ0) is 20.3. The third-order valence-corrected chi connectivity index (χ3v) is 4.21. The lowest BCUT2D eigenvalue weighted by Gasteiger charge is -2.31. The minimum absolute atomic E-state index is 0.324. The van der Waals surface area contributed by atoms with Crippen LogP contribution in [0, 0.1) is 5.82 Å². The van der Waals surface area contributed by atoms with Gasteiger partial charge in [-0.25, -0.2) is 14.0 Å².